The highest BCUT2D eigenvalue weighted by Crippen LogP contribution is 2.27. The molecule has 0 bridgehead atoms. The van der Waals surface area contributed by atoms with Gasteiger partial charge in [-0.25, -0.2) is 4.98 Å². The first kappa shape index (κ1) is 22.8. The number of nitrogens with zero attached hydrogens (tertiary/aromatic N) is 5. The summed E-state index contributed by atoms with van der Waals surface area (Å²) in [4.78, 5) is 11.6. The number of rotatable bonds is 10. The normalized spacial score (nSPS) is 10.9. The minimum Gasteiger partial charge on any atom is -0.497 e. The summed E-state index contributed by atoms with van der Waals surface area (Å²) < 4.78 is 13.2. The van der Waals surface area contributed by atoms with Crippen LogP contribution in [0.5, 0.6) is 11.5 Å². The van der Waals surface area contributed by atoms with Crippen molar-refractivity contribution in [1.29, 1.82) is 0 Å². The number of methoxy groups -OCH3 is 2. The molecule has 0 saturated heterocycles. The third-order valence-electron chi connectivity index (χ3n) is 5.20. The Bertz CT molecular complexity index is 1140. The molecule has 2 aromatic carbocycles. The predicted molar refractivity (Wildman–Crippen MR) is 133 cm³/mol. The molecule has 0 aliphatic heterocycles. The minimum atomic E-state index is 0.563. The highest BCUT2D eigenvalue weighted by molar-refractivity contribution is 9.10. The van der Waals surface area contributed by atoms with Crippen molar-refractivity contribution in [2.24, 2.45) is 0 Å². The number of nitrogens with one attached hydrogen (secondary N) is 1. The fraction of sp³-hybridized carbons (Fsp3) is 0.292. The average Bonchev–Trinajstić information content (AvgIpc) is 3.23. The van der Waals surface area contributed by atoms with Gasteiger partial charge in [0, 0.05) is 19.6 Å². The Morgan fingerprint density at radius 1 is 0.939 bits per heavy atom. The van der Waals surface area contributed by atoms with Gasteiger partial charge in [0.25, 0.3) is 0 Å². The molecule has 0 amide bonds. The van der Waals surface area contributed by atoms with E-state index in [0.717, 1.165) is 46.0 Å². The van der Waals surface area contributed by atoms with Gasteiger partial charge in [0.05, 0.1) is 20.4 Å². The predicted octanol–water partition coefficient (Wildman–Crippen LogP) is 4.93. The van der Waals surface area contributed by atoms with Crippen LogP contribution in [0.3, 0.4) is 0 Å². The Morgan fingerprint density at radius 2 is 1.52 bits per heavy atom. The molecule has 1 N–H and O–H groups in total. The second kappa shape index (κ2) is 10.5. The number of halogens is 1. The topological polar surface area (TPSA) is 76.8 Å². The monoisotopic (exact) mass is 510 g/mol. The summed E-state index contributed by atoms with van der Waals surface area (Å²) in [5.41, 5.74) is 2.95. The van der Waals surface area contributed by atoms with Crippen molar-refractivity contribution in [2.45, 2.75) is 26.4 Å². The van der Waals surface area contributed by atoms with Crippen LogP contribution in [0, 0.1) is 0 Å². The van der Waals surface area contributed by atoms with Gasteiger partial charge in [-0.05, 0) is 57.7 Å². The van der Waals surface area contributed by atoms with Crippen molar-refractivity contribution in [3.8, 4) is 11.5 Å². The van der Waals surface area contributed by atoms with E-state index >= 15 is 0 Å². The van der Waals surface area contributed by atoms with Crippen LogP contribution in [0.15, 0.2) is 59.3 Å². The Labute approximate surface area is 201 Å². The Hall–Kier alpha value is -3.33. The van der Waals surface area contributed by atoms with Crippen LogP contribution < -0.4 is 19.7 Å². The lowest BCUT2D eigenvalue weighted by molar-refractivity contribution is 0.414. The van der Waals surface area contributed by atoms with Crippen LogP contribution in [-0.2, 0) is 13.1 Å². The second-order valence-corrected chi connectivity index (χ2v) is 8.37. The van der Waals surface area contributed by atoms with Crippen LogP contribution in [-0.4, -0.2) is 40.3 Å². The smallest absolute Gasteiger partial charge is 0.243 e. The molecule has 0 radical (unpaired) electrons. The van der Waals surface area contributed by atoms with E-state index < -0.39 is 0 Å². The number of anilines is 2. The number of hydrogen-bond donors (Lipinski definition) is 1. The second-order valence-electron chi connectivity index (χ2n) is 7.55. The van der Waals surface area contributed by atoms with E-state index in [4.69, 9.17) is 14.5 Å². The molecule has 9 heteroatoms. The number of fused-ring (bicyclic) bond motifs is 1. The third-order valence-corrected chi connectivity index (χ3v) is 5.74. The van der Waals surface area contributed by atoms with E-state index in [1.807, 2.05) is 24.3 Å². The van der Waals surface area contributed by atoms with E-state index in [1.165, 1.54) is 0 Å². The molecule has 4 rings (SSSR count). The zero-order valence-electron chi connectivity index (χ0n) is 19.0. The van der Waals surface area contributed by atoms with Crippen LogP contribution >= 0.6 is 15.9 Å². The maximum atomic E-state index is 5.32. The maximum absolute atomic E-state index is 5.32. The average molecular weight is 511 g/mol. The van der Waals surface area contributed by atoms with Gasteiger partial charge < -0.3 is 19.7 Å². The van der Waals surface area contributed by atoms with Crippen molar-refractivity contribution in [2.75, 3.05) is 31.0 Å². The van der Waals surface area contributed by atoms with Gasteiger partial charge in [-0.3, -0.25) is 0 Å². The summed E-state index contributed by atoms with van der Waals surface area (Å²) in [6.45, 7) is 4.17. The van der Waals surface area contributed by atoms with E-state index in [-0.39, 0.29) is 0 Å². The summed E-state index contributed by atoms with van der Waals surface area (Å²) >= 11 is 3.55. The van der Waals surface area contributed by atoms with Gasteiger partial charge in [0.1, 0.15) is 16.1 Å². The first-order chi connectivity index (χ1) is 16.1. The molecule has 4 aromatic rings. The molecule has 8 nitrogen and oxygen atoms in total. The molecule has 0 fully saturated rings. The molecule has 0 atom stereocenters. The van der Waals surface area contributed by atoms with Crippen molar-refractivity contribution in [1.82, 2.24) is 19.6 Å². The summed E-state index contributed by atoms with van der Waals surface area (Å²) in [7, 11) is 3.34. The van der Waals surface area contributed by atoms with E-state index in [9.17, 15) is 0 Å². The quantitative estimate of drug-likeness (QED) is 0.324. The highest BCUT2D eigenvalue weighted by atomic mass is 79.9. The van der Waals surface area contributed by atoms with E-state index in [1.54, 1.807) is 24.9 Å². The summed E-state index contributed by atoms with van der Waals surface area (Å²) in [6, 6.07) is 16.1. The van der Waals surface area contributed by atoms with Gasteiger partial charge in [0.2, 0.25) is 5.95 Å². The molecule has 172 valence electrons. The molecule has 0 unspecified atom stereocenters. The molecule has 0 aliphatic carbocycles. The fourth-order valence-electron chi connectivity index (χ4n) is 3.47. The van der Waals surface area contributed by atoms with Gasteiger partial charge in [-0.15, -0.1) is 5.10 Å². The molecular formula is C24H27BrN6O2. The molecular weight excluding hydrogens is 484 g/mol. The van der Waals surface area contributed by atoms with Crippen molar-refractivity contribution in [3.05, 3.63) is 70.5 Å². The SMILES string of the molecule is CCCNc1nc(N(Cc2ccc(OC)cc2)Cc2ccc(OC)cc2)c2ncc(Br)n2n1. The molecule has 2 aromatic heterocycles. The zero-order valence-corrected chi connectivity index (χ0v) is 20.5. The fourth-order valence-corrected chi connectivity index (χ4v) is 3.82. The number of ether oxygens (including phenoxy) is 2. The lowest BCUT2D eigenvalue weighted by Crippen LogP contribution is -2.25. The molecule has 33 heavy (non-hydrogen) atoms. The number of aromatic nitrogens is 4. The standard InChI is InChI=1S/C24H27BrN6O2/c1-4-13-26-24-28-23(22-27-14-21(25)31(22)29-24)30(15-17-5-9-19(32-2)10-6-17)16-18-7-11-20(33-3)12-8-18/h5-12,14H,4,13,15-16H2,1-3H3,(H,26,29). The first-order valence-corrected chi connectivity index (χ1v) is 11.6. The lowest BCUT2D eigenvalue weighted by atomic mass is 10.1. The maximum Gasteiger partial charge on any atom is 0.243 e. The molecule has 0 saturated carbocycles. The minimum absolute atomic E-state index is 0.563. The number of benzene rings is 2. The van der Waals surface area contributed by atoms with Gasteiger partial charge >= 0.3 is 0 Å². The Kier molecular flexibility index (Phi) is 7.29. The van der Waals surface area contributed by atoms with Crippen molar-refractivity contribution < 1.29 is 9.47 Å². The third kappa shape index (κ3) is 5.36. The summed E-state index contributed by atoms with van der Waals surface area (Å²) in [5, 5.41) is 7.91. The van der Waals surface area contributed by atoms with Gasteiger partial charge in [-0.2, -0.15) is 9.50 Å². The van der Waals surface area contributed by atoms with Crippen LogP contribution in [0.4, 0.5) is 11.8 Å². The van der Waals surface area contributed by atoms with Crippen molar-refractivity contribution in [3.63, 3.8) is 0 Å². The van der Waals surface area contributed by atoms with E-state index in [0.29, 0.717) is 24.7 Å². The Morgan fingerprint density at radius 3 is 2.03 bits per heavy atom. The molecule has 2 heterocycles. The largest absolute Gasteiger partial charge is 0.497 e. The lowest BCUT2D eigenvalue weighted by Gasteiger charge is -2.25. The van der Waals surface area contributed by atoms with Crippen molar-refractivity contribution >= 4 is 33.3 Å². The Balaban J connectivity index is 1.75. The first-order valence-electron chi connectivity index (χ1n) is 10.8. The number of hydrogen-bond acceptors (Lipinski definition) is 7. The molecule has 0 spiro atoms. The summed E-state index contributed by atoms with van der Waals surface area (Å²) in [5.74, 6) is 2.97. The molecule has 0 aliphatic rings. The zero-order chi connectivity index (χ0) is 23.2. The summed E-state index contributed by atoms with van der Waals surface area (Å²) in [6.07, 6.45) is 2.72. The van der Waals surface area contributed by atoms with Gasteiger partial charge in [-0.1, -0.05) is 31.2 Å². The van der Waals surface area contributed by atoms with Crippen LogP contribution in [0.25, 0.3) is 5.65 Å². The van der Waals surface area contributed by atoms with E-state index in [2.05, 4.69) is 67.4 Å². The number of imidazole rings is 1. The highest BCUT2D eigenvalue weighted by Gasteiger charge is 2.19. The van der Waals surface area contributed by atoms with Gasteiger partial charge in [0.15, 0.2) is 11.5 Å². The van der Waals surface area contributed by atoms with Crippen LogP contribution in [0.2, 0.25) is 0 Å². The van der Waals surface area contributed by atoms with Crippen LogP contribution in [0.1, 0.15) is 24.5 Å².